The van der Waals surface area contributed by atoms with Crippen LogP contribution in [0.1, 0.15) is 34.3 Å². The number of benzene rings is 2. The summed E-state index contributed by atoms with van der Waals surface area (Å²) in [6.45, 7) is 2.74. The molecule has 1 saturated heterocycles. The van der Waals surface area contributed by atoms with Crippen molar-refractivity contribution in [1.82, 2.24) is 4.90 Å². The zero-order valence-corrected chi connectivity index (χ0v) is 15.6. The summed E-state index contributed by atoms with van der Waals surface area (Å²) in [6.07, 6.45) is 1.85. The maximum Gasteiger partial charge on any atom is 0.253 e. The Hall–Kier alpha value is -1.85. The Kier molecular flexibility index (Phi) is 4.29. The van der Waals surface area contributed by atoms with Gasteiger partial charge in [0.2, 0.25) is 0 Å². The first-order chi connectivity index (χ1) is 12.1. The Morgan fingerprint density at radius 1 is 1.20 bits per heavy atom. The maximum atomic E-state index is 12.8. The van der Waals surface area contributed by atoms with Gasteiger partial charge in [0.25, 0.3) is 5.91 Å². The van der Waals surface area contributed by atoms with Crippen LogP contribution in [0.5, 0.6) is 5.75 Å². The van der Waals surface area contributed by atoms with Crippen LogP contribution in [-0.4, -0.2) is 30.5 Å². The zero-order chi connectivity index (χ0) is 17.4. The van der Waals surface area contributed by atoms with Gasteiger partial charge in [-0.15, -0.1) is 0 Å². The highest BCUT2D eigenvalue weighted by atomic mass is 79.9. The van der Waals surface area contributed by atoms with Crippen LogP contribution >= 0.6 is 15.9 Å². The minimum absolute atomic E-state index is 0.0224. The average Bonchev–Trinajstić information content (AvgIpc) is 2.99. The van der Waals surface area contributed by atoms with E-state index in [-0.39, 0.29) is 11.3 Å². The molecule has 0 radical (unpaired) electrons. The van der Waals surface area contributed by atoms with Gasteiger partial charge in [-0.05, 0) is 42.7 Å². The summed E-state index contributed by atoms with van der Waals surface area (Å²) in [7, 11) is 0. The van der Waals surface area contributed by atoms with Crippen LogP contribution in [0, 0.1) is 0 Å². The van der Waals surface area contributed by atoms with Crippen molar-refractivity contribution in [3.05, 3.63) is 63.6 Å². The Morgan fingerprint density at radius 2 is 2.00 bits per heavy atom. The number of carbonyl (C=O) groups excluding carboxylic acids is 1. The van der Waals surface area contributed by atoms with Crippen LogP contribution in [0.25, 0.3) is 0 Å². The number of amides is 1. The number of fused-ring (bicyclic) bond motifs is 2. The van der Waals surface area contributed by atoms with Crippen LogP contribution < -0.4 is 10.5 Å². The van der Waals surface area contributed by atoms with Crippen LogP contribution in [0.3, 0.4) is 0 Å². The molecule has 0 saturated carbocycles. The lowest BCUT2D eigenvalue weighted by atomic mass is 9.74. The van der Waals surface area contributed by atoms with Gasteiger partial charge in [0.05, 0.1) is 6.61 Å². The molecule has 5 heteroatoms. The quantitative estimate of drug-likeness (QED) is 0.839. The Morgan fingerprint density at radius 3 is 2.72 bits per heavy atom. The molecule has 2 heterocycles. The number of nitrogens with two attached hydrogens (primary N) is 1. The molecule has 4 rings (SSSR count). The molecule has 1 spiro atoms. The van der Waals surface area contributed by atoms with Crippen molar-refractivity contribution >= 4 is 21.8 Å². The molecule has 4 nitrogen and oxygen atoms in total. The fraction of sp³-hybridized carbons (Fsp3) is 0.350. The monoisotopic (exact) mass is 400 g/mol. The second-order valence-electron chi connectivity index (χ2n) is 6.91. The number of piperidine rings is 1. The van der Waals surface area contributed by atoms with Crippen LogP contribution in [0.4, 0.5) is 0 Å². The number of rotatable bonds is 2. The largest absolute Gasteiger partial charge is 0.492 e. The van der Waals surface area contributed by atoms with Gasteiger partial charge in [-0.25, -0.2) is 0 Å². The third-order valence-electron chi connectivity index (χ3n) is 5.43. The number of nitrogens with zero attached hydrogens (tertiary/aromatic N) is 1. The standard InChI is InChI=1S/C20H21BrN2O2/c21-16-3-1-2-15(11-16)19(24)23-8-6-20(7-9-23)13-25-18-5-4-14(12-22)10-17(18)20/h1-5,10-11H,6-9,12-13,22H2. The molecule has 2 N–H and O–H groups in total. The summed E-state index contributed by atoms with van der Waals surface area (Å²) in [4.78, 5) is 14.7. The molecule has 1 amide bonds. The van der Waals surface area contributed by atoms with Crippen LogP contribution in [0.15, 0.2) is 46.9 Å². The first-order valence-electron chi connectivity index (χ1n) is 8.62. The first-order valence-corrected chi connectivity index (χ1v) is 9.42. The summed E-state index contributed by atoms with van der Waals surface area (Å²) in [5.74, 6) is 1.08. The number of ether oxygens (including phenoxy) is 1. The van der Waals surface area contributed by atoms with Gasteiger partial charge in [-0.1, -0.05) is 34.1 Å². The number of halogens is 1. The SMILES string of the molecule is NCc1ccc2c(c1)C1(CCN(C(=O)c3cccc(Br)c3)CC1)CO2. The van der Waals surface area contributed by atoms with Gasteiger partial charge in [0, 0.05) is 40.6 Å². The van der Waals surface area contributed by atoms with Crippen molar-refractivity contribution < 1.29 is 9.53 Å². The van der Waals surface area contributed by atoms with Crippen molar-refractivity contribution in [3.8, 4) is 5.75 Å². The normalized spacial score (nSPS) is 18.1. The summed E-state index contributed by atoms with van der Waals surface area (Å²) in [5, 5.41) is 0. The summed E-state index contributed by atoms with van der Waals surface area (Å²) >= 11 is 3.44. The molecule has 0 atom stereocenters. The topological polar surface area (TPSA) is 55.6 Å². The molecule has 1 fully saturated rings. The number of carbonyl (C=O) groups is 1. The van der Waals surface area contributed by atoms with E-state index in [0.29, 0.717) is 13.2 Å². The number of hydrogen-bond acceptors (Lipinski definition) is 3. The molecular formula is C20H21BrN2O2. The lowest BCUT2D eigenvalue weighted by Gasteiger charge is -2.38. The Balaban J connectivity index is 1.52. The second kappa shape index (κ2) is 6.46. The van der Waals surface area contributed by atoms with Gasteiger partial charge in [-0.2, -0.15) is 0 Å². The lowest BCUT2D eigenvalue weighted by molar-refractivity contribution is 0.0646. The Bertz CT molecular complexity index is 813. The van der Waals surface area contributed by atoms with E-state index in [2.05, 4.69) is 22.0 Å². The van der Waals surface area contributed by atoms with Crippen LogP contribution in [0.2, 0.25) is 0 Å². The van der Waals surface area contributed by atoms with E-state index in [0.717, 1.165) is 47.3 Å². The van der Waals surface area contributed by atoms with Crippen molar-refractivity contribution in [2.24, 2.45) is 5.73 Å². The van der Waals surface area contributed by atoms with E-state index in [1.807, 2.05) is 41.3 Å². The highest BCUT2D eigenvalue weighted by Crippen LogP contribution is 2.46. The minimum Gasteiger partial charge on any atom is -0.492 e. The van der Waals surface area contributed by atoms with Gasteiger partial charge in [0.15, 0.2) is 0 Å². The third kappa shape index (κ3) is 2.96. The molecule has 0 unspecified atom stereocenters. The van der Waals surface area contributed by atoms with E-state index in [9.17, 15) is 4.79 Å². The molecule has 0 aromatic heterocycles. The van der Waals surface area contributed by atoms with Gasteiger partial charge >= 0.3 is 0 Å². The molecule has 2 aromatic rings. The van der Waals surface area contributed by atoms with Crippen LogP contribution in [-0.2, 0) is 12.0 Å². The van der Waals surface area contributed by atoms with Gasteiger partial charge in [0.1, 0.15) is 5.75 Å². The molecule has 130 valence electrons. The summed E-state index contributed by atoms with van der Waals surface area (Å²) in [5.41, 5.74) is 8.96. The molecule has 0 bridgehead atoms. The molecule has 0 aliphatic carbocycles. The molecule has 2 aliphatic heterocycles. The first kappa shape index (κ1) is 16.6. The second-order valence-corrected chi connectivity index (χ2v) is 7.82. The van der Waals surface area contributed by atoms with Crippen molar-refractivity contribution in [2.45, 2.75) is 24.8 Å². The van der Waals surface area contributed by atoms with E-state index < -0.39 is 0 Å². The van der Waals surface area contributed by atoms with Gasteiger partial charge in [-0.3, -0.25) is 4.79 Å². The van der Waals surface area contributed by atoms with E-state index >= 15 is 0 Å². The zero-order valence-electron chi connectivity index (χ0n) is 14.0. The number of likely N-dealkylation sites (tertiary alicyclic amines) is 1. The maximum absolute atomic E-state index is 12.8. The molecule has 25 heavy (non-hydrogen) atoms. The minimum atomic E-state index is 0.0224. The predicted molar refractivity (Wildman–Crippen MR) is 101 cm³/mol. The average molecular weight is 401 g/mol. The molecular weight excluding hydrogens is 380 g/mol. The fourth-order valence-electron chi connectivity index (χ4n) is 3.89. The number of hydrogen-bond donors (Lipinski definition) is 1. The van der Waals surface area contributed by atoms with E-state index in [1.54, 1.807) is 0 Å². The van der Waals surface area contributed by atoms with Crippen molar-refractivity contribution in [2.75, 3.05) is 19.7 Å². The predicted octanol–water partition coefficient (Wildman–Crippen LogP) is 3.47. The summed E-state index contributed by atoms with van der Waals surface area (Å²) in [6, 6.07) is 13.8. The Labute approximate surface area is 156 Å². The van der Waals surface area contributed by atoms with E-state index in [1.165, 1.54) is 5.56 Å². The smallest absolute Gasteiger partial charge is 0.253 e. The fourth-order valence-corrected chi connectivity index (χ4v) is 4.29. The van der Waals surface area contributed by atoms with E-state index in [4.69, 9.17) is 10.5 Å². The highest BCUT2D eigenvalue weighted by molar-refractivity contribution is 9.10. The van der Waals surface area contributed by atoms with Crippen molar-refractivity contribution in [1.29, 1.82) is 0 Å². The lowest BCUT2D eigenvalue weighted by Crippen LogP contribution is -2.46. The third-order valence-corrected chi connectivity index (χ3v) is 5.93. The van der Waals surface area contributed by atoms with Crippen molar-refractivity contribution in [3.63, 3.8) is 0 Å². The highest BCUT2D eigenvalue weighted by Gasteiger charge is 2.43. The summed E-state index contributed by atoms with van der Waals surface area (Å²) < 4.78 is 6.87. The van der Waals surface area contributed by atoms with Gasteiger partial charge < -0.3 is 15.4 Å². The molecule has 2 aliphatic rings. The molecule has 2 aromatic carbocycles.